The van der Waals surface area contributed by atoms with Crippen LogP contribution in [0.4, 0.5) is 4.79 Å². The van der Waals surface area contributed by atoms with E-state index in [2.05, 4.69) is 15.9 Å². The number of benzene rings is 3. The van der Waals surface area contributed by atoms with E-state index in [1.54, 1.807) is 42.5 Å². The predicted octanol–water partition coefficient (Wildman–Crippen LogP) is 7.20. The van der Waals surface area contributed by atoms with Gasteiger partial charge in [-0.15, -0.1) is 0 Å². The quantitative estimate of drug-likeness (QED) is 0.234. The van der Waals surface area contributed by atoms with E-state index < -0.39 is 0 Å². The molecule has 0 aromatic heterocycles. The molecular formula is C27H23BrClNO5S. The summed E-state index contributed by atoms with van der Waals surface area (Å²) in [5.41, 5.74) is 1.76. The Labute approximate surface area is 227 Å². The van der Waals surface area contributed by atoms with Gasteiger partial charge in [0.2, 0.25) is 0 Å². The number of imide groups is 1. The fraction of sp³-hybridized carbons (Fsp3) is 0.185. The molecule has 0 spiro atoms. The van der Waals surface area contributed by atoms with E-state index in [9.17, 15) is 9.59 Å². The van der Waals surface area contributed by atoms with Crippen LogP contribution in [-0.4, -0.2) is 35.8 Å². The highest BCUT2D eigenvalue weighted by Gasteiger charge is 2.34. The standard InChI is InChI=1S/C27H23BrClNO5S/c1-2-33-24-15-19(5-12-23(24)35-17-18-3-6-20(28)7-4-18)16-25-26(31)30(27(32)36-25)13-14-34-22-10-8-21(29)9-11-22/h3-12,15-16H,2,13-14,17H2,1H3/b25-16-. The van der Waals surface area contributed by atoms with Crippen molar-refractivity contribution >= 4 is 56.5 Å². The predicted molar refractivity (Wildman–Crippen MR) is 146 cm³/mol. The lowest BCUT2D eigenvalue weighted by Crippen LogP contribution is -2.32. The molecule has 0 atom stereocenters. The lowest BCUT2D eigenvalue weighted by molar-refractivity contribution is -0.123. The Morgan fingerprint density at radius 2 is 1.69 bits per heavy atom. The van der Waals surface area contributed by atoms with Crippen molar-refractivity contribution in [2.24, 2.45) is 0 Å². The third-order valence-corrected chi connectivity index (χ3v) is 6.83. The van der Waals surface area contributed by atoms with Gasteiger partial charge >= 0.3 is 0 Å². The summed E-state index contributed by atoms with van der Waals surface area (Å²) in [6.45, 7) is 3.08. The molecular weight excluding hydrogens is 566 g/mol. The number of hydrogen-bond acceptors (Lipinski definition) is 6. The number of hydrogen-bond donors (Lipinski definition) is 0. The molecule has 1 aliphatic heterocycles. The lowest BCUT2D eigenvalue weighted by Gasteiger charge is -2.13. The molecule has 6 nitrogen and oxygen atoms in total. The highest BCUT2D eigenvalue weighted by Crippen LogP contribution is 2.35. The molecule has 3 aromatic rings. The van der Waals surface area contributed by atoms with E-state index in [0.29, 0.717) is 40.4 Å². The van der Waals surface area contributed by atoms with Gasteiger partial charge in [0.05, 0.1) is 18.1 Å². The van der Waals surface area contributed by atoms with Gasteiger partial charge in [-0.3, -0.25) is 14.5 Å². The van der Waals surface area contributed by atoms with Crippen LogP contribution in [0.5, 0.6) is 17.2 Å². The Hall–Kier alpha value is -2.94. The minimum atomic E-state index is -0.349. The second-order valence-electron chi connectivity index (χ2n) is 7.69. The third-order valence-electron chi connectivity index (χ3n) is 5.14. The largest absolute Gasteiger partial charge is 0.492 e. The van der Waals surface area contributed by atoms with Crippen LogP contribution in [0, 0.1) is 0 Å². The molecule has 0 N–H and O–H groups in total. The Kier molecular flexibility index (Phi) is 8.96. The molecule has 3 aromatic carbocycles. The first kappa shape index (κ1) is 26.1. The zero-order chi connectivity index (χ0) is 25.5. The number of amides is 2. The first-order valence-electron chi connectivity index (χ1n) is 11.2. The molecule has 186 valence electrons. The van der Waals surface area contributed by atoms with Crippen LogP contribution in [0.3, 0.4) is 0 Å². The van der Waals surface area contributed by atoms with Gasteiger partial charge in [0.15, 0.2) is 11.5 Å². The summed E-state index contributed by atoms with van der Waals surface area (Å²) in [6, 6.07) is 20.2. The molecule has 2 amide bonds. The third kappa shape index (κ3) is 6.84. The fourth-order valence-electron chi connectivity index (χ4n) is 3.37. The van der Waals surface area contributed by atoms with Gasteiger partial charge in [-0.25, -0.2) is 0 Å². The van der Waals surface area contributed by atoms with Crippen molar-refractivity contribution < 1.29 is 23.8 Å². The minimum Gasteiger partial charge on any atom is -0.492 e. The van der Waals surface area contributed by atoms with Gasteiger partial charge in [-0.05, 0) is 84.4 Å². The number of carbonyl (C=O) groups excluding carboxylic acids is 2. The van der Waals surface area contributed by atoms with E-state index in [4.69, 9.17) is 25.8 Å². The lowest BCUT2D eigenvalue weighted by atomic mass is 10.1. The summed E-state index contributed by atoms with van der Waals surface area (Å²) in [4.78, 5) is 26.8. The fourth-order valence-corrected chi connectivity index (χ4v) is 4.63. The zero-order valence-electron chi connectivity index (χ0n) is 19.4. The van der Waals surface area contributed by atoms with Crippen molar-refractivity contribution in [1.82, 2.24) is 4.90 Å². The van der Waals surface area contributed by atoms with Crippen LogP contribution in [0.2, 0.25) is 5.02 Å². The Morgan fingerprint density at radius 1 is 0.944 bits per heavy atom. The molecule has 36 heavy (non-hydrogen) atoms. The van der Waals surface area contributed by atoms with Crippen molar-refractivity contribution in [2.75, 3.05) is 19.8 Å². The zero-order valence-corrected chi connectivity index (χ0v) is 22.6. The van der Waals surface area contributed by atoms with Gasteiger partial charge in [0.1, 0.15) is 19.0 Å². The Balaban J connectivity index is 1.41. The van der Waals surface area contributed by atoms with Gasteiger partial charge in [-0.1, -0.05) is 45.7 Å². The normalized spacial score (nSPS) is 14.4. The summed E-state index contributed by atoms with van der Waals surface area (Å²) in [5, 5.41) is 0.278. The highest BCUT2D eigenvalue weighted by atomic mass is 79.9. The minimum absolute atomic E-state index is 0.150. The first-order valence-corrected chi connectivity index (χ1v) is 13.2. The average molecular weight is 589 g/mol. The van der Waals surface area contributed by atoms with Crippen LogP contribution in [-0.2, 0) is 11.4 Å². The van der Waals surface area contributed by atoms with E-state index in [-0.39, 0.29) is 24.3 Å². The molecule has 1 aliphatic rings. The van der Waals surface area contributed by atoms with Crippen LogP contribution >= 0.6 is 39.3 Å². The molecule has 1 saturated heterocycles. The topological polar surface area (TPSA) is 65.1 Å². The molecule has 9 heteroatoms. The van der Waals surface area contributed by atoms with Crippen molar-refractivity contribution in [2.45, 2.75) is 13.5 Å². The highest BCUT2D eigenvalue weighted by molar-refractivity contribution is 9.10. The number of halogens is 2. The van der Waals surface area contributed by atoms with Gasteiger partial charge in [0, 0.05) is 9.50 Å². The maximum atomic E-state index is 12.9. The smallest absolute Gasteiger partial charge is 0.293 e. The van der Waals surface area contributed by atoms with E-state index in [0.717, 1.165) is 27.4 Å². The van der Waals surface area contributed by atoms with Gasteiger partial charge < -0.3 is 14.2 Å². The number of ether oxygens (including phenoxy) is 3. The Morgan fingerprint density at radius 3 is 2.42 bits per heavy atom. The van der Waals surface area contributed by atoms with Crippen molar-refractivity contribution in [1.29, 1.82) is 0 Å². The molecule has 1 fully saturated rings. The molecule has 0 unspecified atom stereocenters. The van der Waals surface area contributed by atoms with E-state index in [1.807, 2.05) is 37.3 Å². The molecule has 4 rings (SSSR count). The summed E-state index contributed by atoms with van der Waals surface area (Å²) < 4.78 is 18.4. The maximum Gasteiger partial charge on any atom is 0.293 e. The van der Waals surface area contributed by atoms with Crippen molar-refractivity contribution in [3.8, 4) is 17.2 Å². The van der Waals surface area contributed by atoms with Crippen molar-refractivity contribution in [3.05, 3.63) is 92.3 Å². The SMILES string of the molecule is CCOc1cc(/C=C2\SC(=O)N(CCOc3ccc(Cl)cc3)C2=O)ccc1OCc1ccc(Br)cc1. The number of thioether (sulfide) groups is 1. The first-order chi connectivity index (χ1) is 17.4. The van der Waals surface area contributed by atoms with Crippen LogP contribution in [0.25, 0.3) is 6.08 Å². The van der Waals surface area contributed by atoms with E-state index in [1.165, 1.54) is 4.90 Å². The van der Waals surface area contributed by atoms with Gasteiger partial charge in [0.25, 0.3) is 11.1 Å². The summed E-state index contributed by atoms with van der Waals surface area (Å²) >= 11 is 10.2. The van der Waals surface area contributed by atoms with E-state index >= 15 is 0 Å². The summed E-state index contributed by atoms with van der Waals surface area (Å²) in [5.74, 6) is 1.44. The monoisotopic (exact) mass is 587 g/mol. The molecule has 0 aliphatic carbocycles. The molecule has 0 saturated carbocycles. The maximum absolute atomic E-state index is 12.9. The second-order valence-corrected chi connectivity index (χ2v) is 10.0. The second kappa shape index (κ2) is 12.3. The van der Waals surface area contributed by atoms with Crippen LogP contribution < -0.4 is 14.2 Å². The summed E-state index contributed by atoms with van der Waals surface area (Å²) in [6.07, 6.45) is 1.69. The molecule has 0 radical (unpaired) electrons. The van der Waals surface area contributed by atoms with Crippen LogP contribution in [0.15, 0.2) is 76.1 Å². The van der Waals surface area contributed by atoms with Crippen LogP contribution in [0.1, 0.15) is 18.1 Å². The summed E-state index contributed by atoms with van der Waals surface area (Å²) in [7, 11) is 0. The molecule has 0 bridgehead atoms. The average Bonchev–Trinajstić information content (AvgIpc) is 3.13. The number of rotatable bonds is 10. The van der Waals surface area contributed by atoms with Crippen molar-refractivity contribution in [3.63, 3.8) is 0 Å². The number of nitrogens with zero attached hydrogens (tertiary/aromatic N) is 1. The number of carbonyl (C=O) groups is 2. The Bertz CT molecular complexity index is 1260. The van der Waals surface area contributed by atoms with Gasteiger partial charge in [-0.2, -0.15) is 0 Å². The molecule has 1 heterocycles.